The number of nitrogens with zero attached hydrogens (tertiary/aromatic N) is 1. The number of nitro groups is 1. The number of benzene rings is 1. The van der Waals surface area contributed by atoms with Crippen LogP contribution in [-0.4, -0.2) is 23.0 Å². The molecule has 0 spiro atoms. The molecule has 0 aliphatic heterocycles. The Kier molecular flexibility index (Phi) is 5.30. The second-order valence-electron chi connectivity index (χ2n) is 5.47. The van der Waals surface area contributed by atoms with Gasteiger partial charge in [0, 0.05) is 18.2 Å². The van der Waals surface area contributed by atoms with Crippen molar-refractivity contribution in [1.82, 2.24) is 5.32 Å². The van der Waals surface area contributed by atoms with E-state index in [1.165, 1.54) is 13.3 Å². The predicted molar refractivity (Wildman–Crippen MR) is 78.2 cm³/mol. The smallest absolute Gasteiger partial charge is 0.311 e. The van der Waals surface area contributed by atoms with E-state index in [1.807, 2.05) is 0 Å². The van der Waals surface area contributed by atoms with Crippen LogP contribution in [0.3, 0.4) is 0 Å². The summed E-state index contributed by atoms with van der Waals surface area (Å²) in [5, 5.41) is 13.8. The van der Waals surface area contributed by atoms with Gasteiger partial charge in [-0.25, -0.2) is 4.39 Å². The molecule has 1 aliphatic rings. The predicted octanol–water partition coefficient (Wildman–Crippen LogP) is 2.95. The maximum Gasteiger partial charge on any atom is 0.311 e. The number of hydrogen-bond donors (Lipinski definition) is 1. The third-order valence-corrected chi connectivity index (χ3v) is 3.74. The van der Waals surface area contributed by atoms with Crippen LogP contribution in [0.2, 0.25) is 0 Å². The molecule has 0 radical (unpaired) electrons. The van der Waals surface area contributed by atoms with Crippen molar-refractivity contribution in [3.05, 3.63) is 34.1 Å². The lowest BCUT2D eigenvalue weighted by Crippen LogP contribution is -2.43. The van der Waals surface area contributed by atoms with Crippen LogP contribution >= 0.6 is 0 Å². The van der Waals surface area contributed by atoms with Gasteiger partial charge in [-0.2, -0.15) is 0 Å². The van der Waals surface area contributed by atoms with E-state index in [2.05, 4.69) is 5.32 Å². The van der Waals surface area contributed by atoms with Crippen molar-refractivity contribution in [3.63, 3.8) is 0 Å². The molecule has 1 aromatic carbocycles. The van der Waals surface area contributed by atoms with Gasteiger partial charge in [0.25, 0.3) is 5.91 Å². The summed E-state index contributed by atoms with van der Waals surface area (Å²) in [6.45, 7) is 1.49. The molecule has 1 N–H and O–H groups in total. The standard InChI is InChI=1S/C15H19FN2O4/c1-10(15(19)17-12-5-3-2-4-6-12)22-14-9-11(16)7-8-13(14)18(20)21/h7-10,12H,2-6H2,1H3,(H,17,19)/t10-/m1/s1. The van der Waals surface area contributed by atoms with Gasteiger partial charge in [-0.1, -0.05) is 19.3 Å². The number of carbonyl (C=O) groups excluding carboxylic acids is 1. The quantitative estimate of drug-likeness (QED) is 0.669. The van der Waals surface area contributed by atoms with Crippen molar-refractivity contribution in [2.24, 2.45) is 0 Å². The maximum atomic E-state index is 13.2. The van der Waals surface area contributed by atoms with Crippen LogP contribution in [0, 0.1) is 15.9 Å². The highest BCUT2D eigenvalue weighted by Gasteiger charge is 2.24. The molecular formula is C15H19FN2O4. The van der Waals surface area contributed by atoms with Crippen molar-refractivity contribution in [3.8, 4) is 5.75 Å². The molecule has 1 atom stereocenters. The molecule has 1 amide bonds. The molecule has 1 aliphatic carbocycles. The Morgan fingerprint density at radius 2 is 2.09 bits per heavy atom. The molecule has 1 saturated carbocycles. The zero-order valence-electron chi connectivity index (χ0n) is 12.4. The van der Waals surface area contributed by atoms with Crippen LogP contribution < -0.4 is 10.1 Å². The number of hydrogen-bond acceptors (Lipinski definition) is 4. The van der Waals surface area contributed by atoms with E-state index in [-0.39, 0.29) is 23.4 Å². The van der Waals surface area contributed by atoms with Crippen LogP contribution in [-0.2, 0) is 4.79 Å². The van der Waals surface area contributed by atoms with Gasteiger partial charge in [0.1, 0.15) is 5.82 Å². The Morgan fingerprint density at radius 3 is 2.73 bits per heavy atom. The molecule has 22 heavy (non-hydrogen) atoms. The first-order valence-electron chi connectivity index (χ1n) is 7.38. The number of nitro benzene ring substituents is 1. The molecule has 2 rings (SSSR count). The zero-order chi connectivity index (χ0) is 16.1. The fraction of sp³-hybridized carbons (Fsp3) is 0.533. The Labute approximate surface area is 127 Å². The summed E-state index contributed by atoms with van der Waals surface area (Å²) >= 11 is 0. The van der Waals surface area contributed by atoms with Crippen LogP contribution in [0.4, 0.5) is 10.1 Å². The molecule has 1 aromatic rings. The van der Waals surface area contributed by atoms with E-state index in [4.69, 9.17) is 4.74 Å². The Hall–Kier alpha value is -2.18. The molecule has 0 unspecified atom stereocenters. The van der Waals surface area contributed by atoms with Gasteiger partial charge in [0.05, 0.1) is 4.92 Å². The summed E-state index contributed by atoms with van der Waals surface area (Å²) in [5.74, 6) is -1.23. The Morgan fingerprint density at radius 1 is 1.41 bits per heavy atom. The normalized spacial score (nSPS) is 16.8. The van der Waals surface area contributed by atoms with Crippen LogP contribution in [0.25, 0.3) is 0 Å². The lowest BCUT2D eigenvalue weighted by molar-refractivity contribution is -0.386. The summed E-state index contributed by atoms with van der Waals surface area (Å²) < 4.78 is 18.5. The summed E-state index contributed by atoms with van der Waals surface area (Å²) in [6, 6.07) is 3.05. The molecule has 0 aromatic heterocycles. The highest BCUT2D eigenvalue weighted by atomic mass is 19.1. The number of nitrogens with one attached hydrogen (secondary N) is 1. The first-order valence-corrected chi connectivity index (χ1v) is 7.38. The van der Waals surface area contributed by atoms with Gasteiger partial charge in [0.2, 0.25) is 5.75 Å². The SMILES string of the molecule is C[C@@H](Oc1cc(F)ccc1[N+](=O)[O-])C(=O)NC1CCCCC1. The minimum absolute atomic E-state index is 0.120. The number of halogens is 1. The second-order valence-corrected chi connectivity index (χ2v) is 5.47. The van der Waals surface area contributed by atoms with E-state index in [9.17, 15) is 19.3 Å². The van der Waals surface area contributed by atoms with E-state index in [0.717, 1.165) is 43.9 Å². The number of rotatable bonds is 5. The fourth-order valence-electron chi connectivity index (χ4n) is 2.54. The number of ether oxygens (including phenoxy) is 1. The van der Waals surface area contributed by atoms with Gasteiger partial charge in [-0.05, 0) is 25.8 Å². The molecule has 0 saturated heterocycles. The zero-order valence-corrected chi connectivity index (χ0v) is 12.4. The Balaban J connectivity index is 2.01. The summed E-state index contributed by atoms with van der Waals surface area (Å²) in [5.41, 5.74) is -0.362. The maximum absolute atomic E-state index is 13.2. The molecule has 6 nitrogen and oxygen atoms in total. The van der Waals surface area contributed by atoms with Crippen LogP contribution in [0.1, 0.15) is 39.0 Å². The average Bonchev–Trinajstić information content (AvgIpc) is 2.48. The molecule has 1 fully saturated rings. The van der Waals surface area contributed by atoms with E-state index < -0.39 is 16.8 Å². The summed E-state index contributed by atoms with van der Waals surface area (Å²) in [7, 11) is 0. The first-order chi connectivity index (χ1) is 10.5. The molecule has 120 valence electrons. The van der Waals surface area contributed by atoms with Crippen molar-refractivity contribution < 1.29 is 18.8 Å². The average molecular weight is 310 g/mol. The van der Waals surface area contributed by atoms with Crippen molar-refractivity contribution in [2.45, 2.75) is 51.2 Å². The summed E-state index contributed by atoms with van der Waals surface area (Å²) in [4.78, 5) is 22.3. The van der Waals surface area contributed by atoms with Crippen molar-refractivity contribution in [2.75, 3.05) is 0 Å². The monoisotopic (exact) mass is 310 g/mol. The first kappa shape index (κ1) is 16.2. The van der Waals surface area contributed by atoms with Gasteiger partial charge in [-0.15, -0.1) is 0 Å². The van der Waals surface area contributed by atoms with Gasteiger partial charge in [0.15, 0.2) is 6.10 Å². The topological polar surface area (TPSA) is 81.5 Å². The van der Waals surface area contributed by atoms with E-state index in [0.29, 0.717) is 0 Å². The molecular weight excluding hydrogens is 291 g/mol. The minimum atomic E-state index is -0.928. The largest absolute Gasteiger partial charge is 0.474 e. The van der Waals surface area contributed by atoms with Crippen LogP contribution in [0.5, 0.6) is 5.75 Å². The van der Waals surface area contributed by atoms with Gasteiger partial charge in [-0.3, -0.25) is 14.9 Å². The van der Waals surface area contributed by atoms with Gasteiger partial charge >= 0.3 is 5.69 Å². The van der Waals surface area contributed by atoms with Gasteiger partial charge < -0.3 is 10.1 Å². The summed E-state index contributed by atoms with van der Waals surface area (Å²) in [6.07, 6.45) is 4.26. The lowest BCUT2D eigenvalue weighted by Gasteiger charge is -2.24. The van der Waals surface area contributed by atoms with Crippen molar-refractivity contribution >= 4 is 11.6 Å². The van der Waals surface area contributed by atoms with E-state index >= 15 is 0 Å². The second kappa shape index (κ2) is 7.20. The number of amides is 1. The lowest BCUT2D eigenvalue weighted by atomic mass is 9.95. The fourth-order valence-corrected chi connectivity index (χ4v) is 2.54. The molecule has 0 bridgehead atoms. The Bertz CT molecular complexity index is 558. The highest BCUT2D eigenvalue weighted by molar-refractivity contribution is 5.81. The third kappa shape index (κ3) is 4.16. The third-order valence-electron chi connectivity index (χ3n) is 3.74. The highest BCUT2D eigenvalue weighted by Crippen LogP contribution is 2.28. The molecule has 7 heteroatoms. The van der Waals surface area contributed by atoms with E-state index in [1.54, 1.807) is 0 Å². The van der Waals surface area contributed by atoms with Crippen molar-refractivity contribution in [1.29, 1.82) is 0 Å². The minimum Gasteiger partial charge on any atom is -0.474 e. The van der Waals surface area contributed by atoms with Crippen LogP contribution in [0.15, 0.2) is 18.2 Å². The number of carbonyl (C=O) groups is 1. The molecule has 0 heterocycles.